The van der Waals surface area contributed by atoms with Crippen LogP contribution in [-0.2, 0) is 0 Å². The Balaban J connectivity index is 1.24. The van der Waals surface area contributed by atoms with Gasteiger partial charge in [-0.25, -0.2) is 0 Å². The van der Waals surface area contributed by atoms with E-state index in [9.17, 15) is 0 Å². The van der Waals surface area contributed by atoms with Gasteiger partial charge in [0.25, 0.3) is 0 Å². The third-order valence-corrected chi connectivity index (χ3v) is 11.3. The minimum atomic E-state index is -0.103. The van der Waals surface area contributed by atoms with E-state index in [1.807, 2.05) is 66.7 Å². The molecule has 0 N–H and O–H groups in total. The van der Waals surface area contributed by atoms with Gasteiger partial charge in [0.15, 0.2) is 5.78 Å². The van der Waals surface area contributed by atoms with Crippen LogP contribution in [-0.4, -0.2) is 5.78 Å². The molecule has 1 heteroatoms. The molecule has 1 nitrogen and oxygen atoms in total. The lowest BCUT2D eigenvalue weighted by Crippen LogP contribution is -2.04. The third kappa shape index (κ3) is 8.61. The first-order valence-electron chi connectivity index (χ1n) is 21.0. The molecular formula is C61H44O. The normalized spacial score (nSPS) is 11.4. The summed E-state index contributed by atoms with van der Waals surface area (Å²) < 4.78 is 0. The largest absolute Gasteiger partial charge is 0.289 e. The summed E-state index contributed by atoms with van der Waals surface area (Å²) in [5.41, 5.74) is 16.6. The highest BCUT2D eigenvalue weighted by atomic mass is 16.1. The maximum Gasteiger partial charge on any atom is 0.193 e. The molecule has 0 aliphatic carbocycles. The van der Waals surface area contributed by atoms with E-state index in [0.717, 1.165) is 83.5 Å². The topological polar surface area (TPSA) is 17.1 Å². The van der Waals surface area contributed by atoms with Gasteiger partial charge in [-0.15, -0.1) is 0 Å². The first-order valence-corrected chi connectivity index (χ1v) is 21.0. The van der Waals surface area contributed by atoms with Gasteiger partial charge in [0.05, 0.1) is 0 Å². The molecule has 0 aliphatic rings. The first kappa shape index (κ1) is 39.3. The molecule has 9 aromatic carbocycles. The van der Waals surface area contributed by atoms with E-state index >= 15 is 4.79 Å². The van der Waals surface area contributed by atoms with E-state index in [-0.39, 0.29) is 5.78 Å². The Morgan fingerprint density at radius 3 is 1.19 bits per heavy atom. The highest BCUT2D eigenvalue weighted by molar-refractivity contribution is 6.14. The number of hydrogen-bond donors (Lipinski definition) is 0. The highest BCUT2D eigenvalue weighted by Gasteiger charge is 2.19. The molecule has 0 radical (unpaired) electrons. The predicted octanol–water partition coefficient (Wildman–Crippen LogP) is 16.2. The van der Waals surface area contributed by atoms with Crippen molar-refractivity contribution in [3.63, 3.8) is 0 Å². The second-order valence-corrected chi connectivity index (χ2v) is 15.3. The van der Waals surface area contributed by atoms with Crippen molar-refractivity contribution < 1.29 is 4.79 Å². The van der Waals surface area contributed by atoms with Crippen LogP contribution in [0.5, 0.6) is 0 Å². The minimum Gasteiger partial charge on any atom is -0.289 e. The van der Waals surface area contributed by atoms with Gasteiger partial charge in [0.1, 0.15) is 0 Å². The average Bonchev–Trinajstić information content (AvgIpc) is 3.36. The highest BCUT2D eigenvalue weighted by Crippen LogP contribution is 2.39. The second-order valence-electron chi connectivity index (χ2n) is 15.3. The number of allylic oxidation sites excluding steroid dienone is 4. The fraction of sp³-hybridized carbons (Fsp3) is 0. The zero-order valence-electron chi connectivity index (χ0n) is 34.4. The van der Waals surface area contributed by atoms with Crippen LogP contribution >= 0.6 is 0 Å². The Morgan fingerprint density at radius 1 is 0.355 bits per heavy atom. The first-order chi connectivity index (χ1) is 30.6. The van der Waals surface area contributed by atoms with Gasteiger partial charge in [-0.2, -0.15) is 0 Å². The molecule has 0 saturated heterocycles. The maximum atomic E-state index is 15.6. The Morgan fingerprint density at radius 2 is 0.710 bits per heavy atom. The molecule has 0 atom stereocenters. The van der Waals surface area contributed by atoms with E-state index < -0.39 is 0 Å². The molecule has 0 aliphatic heterocycles. The predicted molar refractivity (Wildman–Crippen MR) is 262 cm³/mol. The van der Waals surface area contributed by atoms with Crippen LogP contribution in [0, 0.1) is 0 Å². The number of benzene rings is 9. The maximum absolute atomic E-state index is 15.6. The molecule has 9 aromatic rings. The Bertz CT molecular complexity index is 2960. The van der Waals surface area contributed by atoms with E-state index in [4.69, 9.17) is 0 Å². The van der Waals surface area contributed by atoms with E-state index in [1.165, 1.54) is 0 Å². The van der Waals surface area contributed by atoms with E-state index in [1.54, 1.807) is 0 Å². The molecule has 0 bridgehead atoms. The SMILES string of the molecule is C=C(/C=C(\C=C\c1ccccc1-c1ccccc1)C(=O)c1cc(-c2ccccc2-c2ccccc2)cc(-c2ccccc2-c2ccccc2)c1)c1ccccc1-c1ccccc1. The van der Waals surface area contributed by atoms with Gasteiger partial charge in [-0.3, -0.25) is 4.79 Å². The minimum absolute atomic E-state index is 0.103. The van der Waals surface area contributed by atoms with Gasteiger partial charge in [-0.05, 0) is 108 Å². The zero-order chi connectivity index (χ0) is 42.1. The standard InChI is InChI=1S/C61H44O/c1-44(54-31-16-17-33-56(54)46-24-8-3-9-25-46)40-50(39-38-49-30-14-15-32-55(49)45-22-6-2-7-23-45)61(62)53-42-51(59-36-20-18-34-57(59)47-26-10-4-11-27-47)41-52(43-53)60-37-21-19-35-58(60)48-28-12-5-13-29-48/h2-43H,1H2/b39-38+,50-40+. The fourth-order valence-electron chi connectivity index (χ4n) is 8.23. The third-order valence-electron chi connectivity index (χ3n) is 11.3. The molecule has 0 fully saturated rings. The molecule has 0 amide bonds. The van der Waals surface area contributed by atoms with Gasteiger partial charge >= 0.3 is 0 Å². The summed E-state index contributed by atoms with van der Waals surface area (Å²) in [7, 11) is 0. The van der Waals surface area contributed by atoms with Crippen LogP contribution in [0.1, 0.15) is 21.5 Å². The fourth-order valence-corrected chi connectivity index (χ4v) is 8.23. The smallest absolute Gasteiger partial charge is 0.193 e. The van der Waals surface area contributed by atoms with Crippen molar-refractivity contribution in [2.24, 2.45) is 0 Å². The van der Waals surface area contributed by atoms with Gasteiger partial charge in [0.2, 0.25) is 0 Å². The Labute approximate surface area is 365 Å². The monoisotopic (exact) mass is 792 g/mol. The van der Waals surface area contributed by atoms with E-state index in [0.29, 0.717) is 11.1 Å². The summed E-state index contributed by atoms with van der Waals surface area (Å²) in [4.78, 5) is 15.6. The number of ketones is 1. The molecule has 0 spiro atoms. The van der Waals surface area contributed by atoms with Crippen molar-refractivity contribution >= 4 is 17.4 Å². The molecule has 294 valence electrons. The van der Waals surface area contributed by atoms with Crippen LogP contribution in [0.15, 0.2) is 261 Å². The quantitative estimate of drug-likeness (QED) is 0.0684. The van der Waals surface area contributed by atoms with Gasteiger partial charge in [0, 0.05) is 11.1 Å². The molecular weight excluding hydrogens is 749 g/mol. The van der Waals surface area contributed by atoms with Crippen molar-refractivity contribution in [2.75, 3.05) is 0 Å². The van der Waals surface area contributed by atoms with Crippen LogP contribution < -0.4 is 0 Å². The van der Waals surface area contributed by atoms with Crippen molar-refractivity contribution in [1.29, 1.82) is 0 Å². The van der Waals surface area contributed by atoms with Gasteiger partial charge < -0.3 is 0 Å². The summed E-state index contributed by atoms with van der Waals surface area (Å²) in [5.74, 6) is -0.103. The summed E-state index contributed by atoms with van der Waals surface area (Å²) in [6.07, 6.45) is 5.97. The molecule has 62 heavy (non-hydrogen) atoms. The number of rotatable bonds is 12. The lowest BCUT2D eigenvalue weighted by atomic mass is 9.87. The van der Waals surface area contributed by atoms with E-state index in [2.05, 4.69) is 195 Å². The summed E-state index contributed by atoms with van der Waals surface area (Å²) >= 11 is 0. The number of hydrogen-bond acceptors (Lipinski definition) is 1. The molecule has 0 aromatic heterocycles. The Hall–Kier alpha value is -8.13. The summed E-state index contributed by atoms with van der Waals surface area (Å²) in [5, 5.41) is 0. The molecule has 0 saturated carbocycles. The molecule has 9 rings (SSSR count). The number of carbonyl (C=O) groups is 1. The number of Topliss-reactive ketones (excluding diaryl/α,β-unsaturated/α-hetero) is 1. The summed E-state index contributed by atoms with van der Waals surface area (Å²) in [6, 6.07) is 81.4. The lowest BCUT2D eigenvalue weighted by Gasteiger charge is -2.16. The molecule has 0 unspecified atom stereocenters. The average molecular weight is 793 g/mol. The van der Waals surface area contributed by atoms with Crippen LogP contribution in [0.25, 0.3) is 78.4 Å². The van der Waals surface area contributed by atoms with Crippen LogP contribution in [0.3, 0.4) is 0 Å². The van der Waals surface area contributed by atoms with Crippen molar-refractivity contribution in [2.45, 2.75) is 0 Å². The zero-order valence-corrected chi connectivity index (χ0v) is 34.4. The van der Waals surface area contributed by atoms with Crippen molar-refractivity contribution in [3.05, 3.63) is 278 Å². The van der Waals surface area contributed by atoms with Crippen LogP contribution in [0.2, 0.25) is 0 Å². The summed E-state index contributed by atoms with van der Waals surface area (Å²) in [6.45, 7) is 4.61. The van der Waals surface area contributed by atoms with Crippen LogP contribution in [0.4, 0.5) is 0 Å². The lowest BCUT2D eigenvalue weighted by molar-refractivity contribution is 0.103. The number of carbonyl (C=O) groups excluding carboxylic acids is 1. The Kier molecular flexibility index (Phi) is 11.7. The van der Waals surface area contributed by atoms with Crippen molar-refractivity contribution in [1.82, 2.24) is 0 Å². The second kappa shape index (κ2) is 18.4. The van der Waals surface area contributed by atoms with Crippen molar-refractivity contribution in [3.8, 4) is 66.8 Å². The van der Waals surface area contributed by atoms with Gasteiger partial charge in [-0.1, -0.05) is 237 Å². The molecule has 0 heterocycles.